The summed E-state index contributed by atoms with van der Waals surface area (Å²) in [7, 11) is 4.55. The van der Waals surface area contributed by atoms with Gasteiger partial charge in [0.05, 0.1) is 26.2 Å². The first kappa shape index (κ1) is 20.1. The number of carboxylic acids is 1. The number of aliphatic carboxylic acids is 1. The highest BCUT2D eigenvalue weighted by molar-refractivity contribution is 8.26. The first-order chi connectivity index (χ1) is 12.4. The number of carboxylic acid groups (broad SMARTS) is 1. The van der Waals surface area contributed by atoms with Crippen LogP contribution in [0.3, 0.4) is 0 Å². The van der Waals surface area contributed by atoms with Crippen LogP contribution in [0, 0.1) is 0 Å². The second-order valence-corrected chi connectivity index (χ2v) is 6.97. The number of hydrogen-bond acceptors (Lipinski definition) is 7. The molecular formula is C17H19NO6S2. The fourth-order valence-corrected chi connectivity index (χ4v) is 3.73. The molecule has 0 spiro atoms. The molecule has 1 aromatic rings. The molecule has 1 fully saturated rings. The van der Waals surface area contributed by atoms with Crippen LogP contribution in [0.5, 0.6) is 17.2 Å². The molecule has 7 nitrogen and oxygen atoms in total. The summed E-state index contributed by atoms with van der Waals surface area (Å²) in [5, 5.41) is 8.72. The second kappa shape index (κ2) is 8.91. The van der Waals surface area contributed by atoms with Crippen molar-refractivity contribution in [1.82, 2.24) is 4.90 Å². The largest absolute Gasteiger partial charge is 0.493 e. The van der Waals surface area contributed by atoms with Gasteiger partial charge in [0.15, 0.2) is 11.5 Å². The molecule has 0 atom stereocenters. The second-order valence-electron chi connectivity index (χ2n) is 5.29. The Bertz CT molecular complexity index is 737. The highest BCUT2D eigenvalue weighted by Crippen LogP contribution is 2.40. The van der Waals surface area contributed by atoms with E-state index in [1.165, 1.54) is 38.0 Å². The van der Waals surface area contributed by atoms with Crippen molar-refractivity contribution in [2.24, 2.45) is 0 Å². The third-order valence-electron chi connectivity index (χ3n) is 3.63. The first-order valence-corrected chi connectivity index (χ1v) is 8.91. The lowest BCUT2D eigenvalue weighted by Crippen LogP contribution is -2.29. The van der Waals surface area contributed by atoms with Gasteiger partial charge >= 0.3 is 5.97 Å². The molecule has 1 amide bonds. The van der Waals surface area contributed by atoms with Crippen LogP contribution in [-0.4, -0.2) is 54.1 Å². The Labute approximate surface area is 160 Å². The van der Waals surface area contributed by atoms with Crippen molar-refractivity contribution in [2.45, 2.75) is 12.8 Å². The van der Waals surface area contributed by atoms with Crippen molar-refractivity contribution < 1.29 is 28.9 Å². The predicted molar refractivity (Wildman–Crippen MR) is 103 cm³/mol. The maximum atomic E-state index is 12.5. The van der Waals surface area contributed by atoms with Crippen molar-refractivity contribution >= 4 is 46.3 Å². The minimum absolute atomic E-state index is 0.0109. The number of thiocarbonyl (C=S) groups is 1. The van der Waals surface area contributed by atoms with E-state index in [-0.39, 0.29) is 18.9 Å². The monoisotopic (exact) mass is 397 g/mol. The highest BCUT2D eigenvalue weighted by Gasteiger charge is 2.31. The van der Waals surface area contributed by atoms with E-state index in [9.17, 15) is 9.59 Å². The molecule has 1 N–H and O–H groups in total. The number of nitrogens with zero attached hydrogens (tertiary/aromatic N) is 1. The fourth-order valence-electron chi connectivity index (χ4n) is 2.42. The smallest absolute Gasteiger partial charge is 0.303 e. The minimum atomic E-state index is -0.900. The van der Waals surface area contributed by atoms with Gasteiger partial charge in [0.1, 0.15) is 4.32 Å². The summed E-state index contributed by atoms with van der Waals surface area (Å²) in [6, 6.07) is 3.47. The topological polar surface area (TPSA) is 85.3 Å². The molecule has 0 unspecified atom stereocenters. The van der Waals surface area contributed by atoms with Crippen LogP contribution in [0.15, 0.2) is 17.0 Å². The number of hydrogen-bond donors (Lipinski definition) is 1. The van der Waals surface area contributed by atoms with Crippen molar-refractivity contribution in [3.8, 4) is 17.2 Å². The summed E-state index contributed by atoms with van der Waals surface area (Å²) >= 11 is 6.42. The number of methoxy groups -OCH3 is 3. The lowest BCUT2D eigenvalue weighted by molar-refractivity contribution is -0.137. The average molecular weight is 397 g/mol. The van der Waals surface area contributed by atoms with Crippen LogP contribution in [0.4, 0.5) is 0 Å². The van der Waals surface area contributed by atoms with Crippen LogP contribution in [0.25, 0.3) is 6.08 Å². The van der Waals surface area contributed by atoms with E-state index in [2.05, 4.69) is 0 Å². The summed E-state index contributed by atoms with van der Waals surface area (Å²) in [6.45, 7) is 0.281. The lowest BCUT2D eigenvalue weighted by Gasteiger charge is -2.13. The van der Waals surface area contributed by atoms with Crippen LogP contribution < -0.4 is 14.2 Å². The summed E-state index contributed by atoms with van der Waals surface area (Å²) in [5.41, 5.74) is 0.700. The lowest BCUT2D eigenvalue weighted by atomic mass is 10.1. The molecule has 0 aromatic heterocycles. The molecule has 1 aliphatic heterocycles. The minimum Gasteiger partial charge on any atom is -0.493 e. The number of ether oxygens (including phenoxy) is 3. The van der Waals surface area contributed by atoms with E-state index < -0.39 is 5.97 Å². The Morgan fingerprint density at radius 2 is 1.85 bits per heavy atom. The maximum Gasteiger partial charge on any atom is 0.303 e. The quantitative estimate of drug-likeness (QED) is 0.529. The van der Waals surface area contributed by atoms with E-state index in [0.29, 0.717) is 38.5 Å². The highest BCUT2D eigenvalue weighted by atomic mass is 32.2. The summed E-state index contributed by atoms with van der Waals surface area (Å²) < 4.78 is 16.3. The van der Waals surface area contributed by atoms with Gasteiger partial charge in [0.25, 0.3) is 5.91 Å². The number of carbonyl (C=O) groups is 2. The Morgan fingerprint density at radius 1 is 1.23 bits per heavy atom. The van der Waals surface area contributed by atoms with Gasteiger partial charge in [-0.3, -0.25) is 14.5 Å². The van der Waals surface area contributed by atoms with Crippen LogP contribution in [0.2, 0.25) is 0 Å². The molecule has 1 saturated heterocycles. The first-order valence-electron chi connectivity index (χ1n) is 7.68. The molecule has 1 aliphatic rings. The van der Waals surface area contributed by atoms with Gasteiger partial charge in [-0.05, 0) is 30.2 Å². The van der Waals surface area contributed by atoms with Crippen LogP contribution >= 0.6 is 24.0 Å². The predicted octanol–water partition coefficient (Wildman–Crippen LogP) is 2.78. The average Bonchev–Trinajstić information content (AvgIpc) is 2.87. The van der Waals surface area contributed by atoms with E-state index in [0.717, 1.165) is 0 Å². The Hall–Kier alpha value is -2.26. The zero-order valence-electron chi connectivity index (χ0n) is 14.6. The van der Waals surface area contributed by atoms with Crippen LogP contribution in [-0.2, 0) is 9.59 Å². The summed E-state index contributed by atoms with van der Waals surface area (Å²) in [4.78, 5) is 25.1. The van der Waals surface area contributed by atoms with Gasteiger partial charge in [-0.25, -0.2) is 0 Å². The number of carbonyl (C=O) groups excluding carboxylic acids is 1. The number of amides is 1. The van der Waals surface area contributed by atoms with Gasteiger partial charge in [-0.1, -0.05) is 24.0 Å². The third-order valence-corrected chi connectivity index (χ3v) is 5.01. The van der Waals surface area contributed by atoms with E-state index >= 15 is 0 Å². The van der Waals surface area contributed by atoms with Gasteiger partial charge in [0.2, 0.25) is 5.75 Å². The SMILES string of the molecule is COc1cc(/C=C2\SC(=S)N(CCCC(=O)O)C2=O)cc(OC)c1OC. The molecule has 140 valence electrons. The molecule has 1 aromatic carbocycles. The Morgan fingerprint density at radius 3 is 2.35 bits per heavy atom. The number of benzene rings is 1. The van der Waals surface area contributed by atoms with E-state index in [4.69, 9.17) is 31.5 Å². The molecule has 9 heteroatoms. The normalized spacial score (nSPS) is 15.5. The van der Waals surface area contributed by atoms with E-state index in [1.54, 1.807) is 18.2 Å². The van der Waals surface area contributed by atoms with Gasteiger partial charge in [-0.2, -0.15) is 0 Å². The van der Waals surface area contributed by atoms with Crippen LogP contribution in [0.1, 0.15) is 18.4 Å². The zero-order chi connectivity index (χ0) is 19.3. The number of thioether (sulfide) groups is 1. The zero-order valence-corrected chi connectivity index (χ0v) is 16.2. The van der Waals surface area contributed by atoms with Crippen molar-refractivity contribution in [3.63, 3.8) is 0 Å². The molecule has 2 rings (SSSR count). The van der Waals surface area contributed by atoms with Gasteiger partial charge in [0, 0.05) is 13.0 Å². The fraction of sp³-hybridized carbons (Fsp3) is 0.353. The van der Waals surface area contributed by atoms with Crippen molar-refractivity contribution in [2.75, 3.05) is 27.9 Å². The molecule has 0 aliphatic carbocycles. The maximum absolute atomic E-state index is 12.5. The molecule has 0 radical (unpaired) electrons. The molecule has 26 heavy (non-hydrogen) atoms. The standard InChI is InChI=1S/C17H19NO6S2/c1-22-11-7-10(8-12(23-2)15(11)24-3)9-13-16(21)18(17(25)26-13)6-4-5-14(19)20/h7-9H,4-6H2,1-3H3,(H,19,20)/b13-9-. The number of rotatable bonds is 8. The van der Waals surface area contributed by atoms with Gasteiger partial charge in [-0.15, -0.1) is 0 Å². The Kier molecular flexibility index (Phi) is 6.87. The molecule has 1 heterocycles. The summed E-state index contributed by atoms with van der Waals surface area (Å²) in [5.74, 6) is 0.293. The molecular weight excluding hydrogens is 378 g/mol. The van der Waals surface area contributed by atoms with Crippen molar-refractivity contribution in [3.05, 3.63) is 22.6 Å². The third kappa shape index (κ3) is 4.47. The van der Waals surface area contributed by atoms with E-state index in [1.807, 2.05) is 0 Å². The Balaban J connectivity index is 2.25. The molecule has 0 bridgehead atoms. The van der Waals surface area contributed by atoms with Gasteiger partial charge < -0.3 is 19.3 Å². The summed E-state index contributed by atoms with van der Waals surface area (Å²) in [6.07, 6.45) is 2.03. The van der Waals surface area contributed by atoms with Crippen molar-refractivity contribution in [1.29, 1.82) is 0 Å². The molecule has 0 saturated carbocycles.